The molecule has 0 aliphatic carbocycles. The van der Waals surface area contributed by atoms with Crippen molar-refractivity contribution in [3.63, 3.8) is 0 Å². The fraction of sp³-hybridized carbons (Fsp3) is 0.600. The summed E-state index contributed by atoms with van der Waals surface area (Å²) in [4.78, 5) is 0. The van der Waals surface area contributed by atoms with Crippen molar-refractivity contribution < 1.29 is 0 Å². The van der Waals surface area contributed by atoms with Gasteiger partial charge in [-0.15, -0.1) is 10.2 Å². The smallest absolute Gasteiger partial charge is 0.224 e. The molecule has 0 aromatic carbocycles. The van der Waals surface area contributed by atoms with Gasteiger partial charge in [-0.3, -0.25) is 4.57 Å². The summed E-state index contributed by atoms with van der Waals surface area (Å²) >= 11 is 0. The number of hydrogen-bond acceptors (Lipinski definition) is 4. The van der Waals surface area contributed by atoms with Crippen LogP contribution in [0.3, 0.4) is 0 Å². The largest absolute Gasteiger partial charge is 0.357 e. The first-order valence-corrected chi connectivity index (χ1v) is 3.05. The van der Waals surface area contributed by atoms with E-state index in [1.165, 1.54) is 0 Å². The maximum Gasteiger partial charge on any atom is 0.224 e. The fourth-order valence-electron chi connectivity index (χ4n) is 0.757. The van der Waals surface area contributed by atoms with Crippen molar-refractivity contribution >= 4 is 5.95 Å². The predicted octanol–water partition coefficient (Wildman–Crippen LogP) is -0.685. The second-order valence-corrected chi connectivity index (χ2v) is 1.95. The van der Waals surface area contributed by atoms with Crippen LogP contribution in [-0.2, 0) is 13.6 Å². The first-order chi connectivity index (χ1) is 4.79. The average Bonchev–Trinajstić information content (AvgIpc) is 2.30. The summed E-state index contributed by atoms with van der Waals surface area (Å²) in [5.74, 6) is 1.52. The molecule has 0 amide bonds. The van der Waals surface area contributed by atoms with Gasteiger partial charge in [0.15, 0.2) is 0 Å². The number of hydrogen-bond donors (Lipinski definition) is 2. The molecule has 0 aliphatic rings. The van der Waals surface area contributed by atoms with Crippen LogP contribution < -0.4 is 11.1 Å². The minimum atomic E-state index is 0.422. The Hall–Kier alpha value is -1.10. The van der Waals surface area contributed by atoms with Crippen LogP contribution in [0.4, 0.5) is 5.95 Å². The van der Waals surface area contributed by atoms with Crippen LogP contribution in [-0.4, -0.2) is 21.8 Å². The third-order valence-electron chi connectivity index (χ3n) is 1.37. The van der Waals surface area contributed by atoms with Crippen molar-refractivity contribution in [2.45, 2.75) is 6.54 Å². The molecule has 0 unspecified atom stereocenters. The number of nitrogens with two attached hydrogens (primary N) is 1. The lowest BCUT2D eigenvalue weighted by Crippen LogP contribution is -2.06. The van der Waals surface area contributed by atoms with Crippen LogP contribution in [0.2, 0.25) is 0 Å². The van der Waals surface area contributed by atoms with Crippen molar-refractivity contribution in [3.05, 3.63) is 5.82 Å². The molecule has 1 aromatic heterocycles. The number of nitrogens with zero attached hydrogens (tertiary/aromatic N) is 3. The van der Waals surface area contributed by atoms with Crippen LogP contribution in [0.25, 0.3) is 0 Å². The van der Waals surface area contributed by atoms with Crippen molar-refractivity contribution in [1.29, 1.82) is 0 Å². The van der Waals surface area contributed by atoms with Gasteiger partial charge in [0.1, 0.15) is 5.82 Å². The number of aromatic nitrogens is 3. The molecule has 1 heterocycles. The topological polar surface area (TPSA) is 68.8 Å². The van der Waals surface area contributed by atoms with Gasteiger partial charge in [-0.1, -0.05) is 0 Å². The van der Waals surface area contributed by atoms with E-state index >= 15 is 0 Å². The predicted molar refractivity (Wildman–Crippen MR) is 38.4 cm³/mol. The minimum absolute atomic E-state index is 0.422. The monoisotopic (exact) mass is 141 g/mol. The molecule has 0 saturated carbocycles. The average molecular weight is 141 g/mol. The Morgan fingerprint density at radius 1 is 1.60 bits per heavy atom. The van der Waals surface area contributed by atoms with E-state index in [1.54, 1.807) is 7.05 Å². The van der Waals surface area contributed by atoms with Crippen molar-refractivity contribution in [2.75, 3.05) is 12.4 Å². The van der Waals surface area contributed by atoms with Crippen molar-refractivity contribution in [1.82, 2.24) is 14.8 Å². The Kier molecular flexibility index (Phi) is 1.86. The van der Waals surface area contributed by atoms with Gasteiger partial charge in [0, 0.05) is 14.1 Å². The van der Waals surface area contributed by atoms with Gasteiger partial charge in [0.2, 0.25) is 5.95 Å². The lowest BCUT2D eigenvalue weighted by Gasteiger charge is -1.98. The van der Waals surface area contributed by atoms with E-state index in [2.05, 4.69) is 15.5 Å². The lowest BCUT2D eigenvalue weighted by atomic mass is 10.6. The quantitative estimate of drug-likeness (QED) is 0.572. The second-order valence-electron chi connectivity index (χ2n) is 1.95. The summed E-state index contributed by atoms with van der Waals surface area (Å²) in [6, 6.07) is 0. The van der Waals surface area contributed by atoms with Crippen LogP contribution in [0.15, 0.2) is 0 Å². The Morgan fingerprint density at radius 3 is 2.60 bits per heavy atom. The Balaban J connectivity index is 2.97. The van der Waals surface area contributed by atoms with Gasteiger partial charge in [0.25, 0.3) is 0 Å². The number of rotatable bonds is 2. The third-order valence-corrected chi connectivity index (χ3v) is 1.37. The zero-order valence-electron chi connectivity index (χ0n) is 6.13. The lowest BCUT2D eigenvalue weighted by molar-refractivity contribution is 0.796. The van der Waals surface area contributed by atoms with Crippen LogP contribution in [0, 0.1) is 0 Å². The van der Waals surface area contributed by atoms with Crippen LogP contribution in [0.1, 0.15) is 5.82 Å². The number of nitrogens with one attached hydrogen (secondary N) is 1. The zero-order valence-corrected chi connectivity index (χ0v) is 6.13. The molecule has 5 heteroatoms. The van der Waals surface area contributed by atoms with E-state index in [9.17, 15) is 0 Å². The molecule has 1 rings (SSSR count). The maximum absolute atomic E-state index is 5.37. The molecule has 3 N–H and O–H groups in total. The van der Waals surface area contributed by atoms with Crippen molar-refractivity contribution in [2.24, 2.45) is 12.8 Å². The van der Waals surface area contributed by atoms with Crippen LogP contribution in [0.5, 0.6) is 0 Å². The highest BCUT2D eigenvalue weighted by molar-refractivity contribution is 5.23. The standard InChI is InChI=1S/C5H11N5/c1-7-5-9-8-4(3-6)10(5)2/h3,6H2,1-2H3,(H,7,9). The van der Waals surface area contributed by atoms with Gasteiger partial charge in [0.05, 0.1) is 6.54 Å². The molecule has 0 fully saturated rings. The number of anilines is 1. The van der Waals surface area contributed by atoms with Gasteiger partial charge in [-0.25, -0.2) is 0 Å². The molecule has 5 nitrogen and oxygen atoms in total. The van der Waals surface area contributed by atoms with Crippen molar-refractivity contribution in [3.8, 4) is 0 Å². The molecule has 0 aliphatic heterocycles. The summed E-state index contributed by atoms with van der Waals surface area (Å²) in [7, 11) is 3.67. The molecular formula is C5H11N5. The first-order valence-electron chi connectivity index (χ1n) is 3.05. The Bertz CT molecular complexity index is 194. The Labute approximate surface area is 59.2 Å². The van der Waals surface area contributed by atoms with E-state index in [0.29, 0.717) is 6.54 Å². The highest BCUT2D eigenvalue weighted by atomic mass is 15.3. The van der Waals surface area contributed by atoms with Gasteiger partial charge < -0.3 is 11.1 Å². The summed E-state index contributed by atoms with van der Waals surface area (Å²) in [6.45, 7) is 0.422. The second kappa shape index (κ2) is 2.66. The normalized spacial score (nSPS) is 9.90. The highest BCUT2D eigenvalue weighted by Crippen LogP contribution is 2.01. The molecule has 0 bridgehead atoms. The van der Waals surface area contributed by atoms with Gasteiger partial charge in [-0.05, 0) is 0 Å². The molecule has 10 heavy (non-hydrogen) atoms. The molecule has 1 aromatic rings. The zero-order chi connectivity index (χ0) is 7.56. The first kappa shape index (κ1) is 7.01. The Morgan fingerprint density at radius 2 is 2.30 bits per heavy atom. The molecular weight excluding hydrogens is 130 g/mol. The third kappa shape index (κ3) is 0.950. The maximum atomic E-state index is 5.37. The SMILES string of the molecule is CNc1nnc(CN)n1C. The summed E-state index contributed by atoms with van der Waals surface area (Å²) in [5, 5.41) is 10.5. The highest BCUT2D eigenvalue weighted by Gasteiger charge is 2.02. The van der Waals surface area contributed by atoms with Crippen LogP contribution >= 0.6 is 0 Å². The van der Waals surface area contributed by atoms with E-state index in [0.717, 1.165) is 11.8 Å². The van der Waals surface area contributed by atoms with E-state index in [1.807, 2.05) is 11.6 Å². The summed E-state index contributed by atoms with van der Waals surface area (Å²) in [5.41, 5.74) is 5.37. The fourth-order valence-corrected chi connectivity index (χ4v) is 0.757. The molecule has 0 atom stereocenters. The minimum Gasteiger partial charge on any atom is -0.357 e. The molecule has 0 saturated heterocycles. The van der Waals surface area contributed by atoms with E-state index in [4.69, 9.17) is 5.73 Å². The molecule has 0 radical (unpaired) electrons. The molecule has 0 spiro atoms. The van der Waals surface area contributed by atoms with Gasteiger partial charge >= 0.3 is 0 Å². The molecule has 56 valence electrons. The van der Waals surface area contributed by atoms with Gasteiger partial charge in [-0.2, -0.15) is 0 Å². The van der Waals surface area contributed by atoms with E-state index < -0.39 is 0 Å². The summed E-state index contributed by atoms with van der Waals surface area (Å²) in [6.07, 6.45) is 0. The summed E-state index contributed by atoms with van der Waals surface area (Å²) < 4.78 is 1.82. The van der Waals surface area contributed by atoms with E-state index in [-0.39, 0.29) is 0 Å².